The molecule has 0 saturated carbocycles. The molecular formula is C9H11NO2. The highest BCUT2D eigenvalue weighted by Crippen LogP contribution is 2.24. The van der Waals surface area contributed by atoms with Crippen LogP contribution in [0.4, 0.5) is 5.69 Å². The Morgan fingerprint density at radius 2 is 1.83 bits per heavy atom. The molecule has 0 aliphatic rings. The number of phenols is 1. The van der Waals surface area contributed by atoms with Crippen molar-refractivity contribution in [2.24, 2.45) is 0 Å². The van der Waals surface area contributed by atoms with Crippen LogP contribution in [0, 0.1) is 13.8 Å². The van der Waals surface area contributed by atoms with Gasteiger partial charge in [0.25, 0.3) is 0 Å². The molecule has 12 heavy (non-hydrogen) atoms. The van der Waals surface area contributed by atoms with Gasteiger partial charge >= 0.3 is 0 Å². The van der Waals surface area contributed by atoms with Crippen molar-refractivity contribution in [3.63, 3.8) is 0 Å². The zero-order valence-corrected chi connectivity index (χ0v) is 7.09. The SMILES string of the molecule is Cc1cc(O)cc(C)c1NC=O. The van der Waals surface area contributed by atoms with Gasteiger partial charge in [0, 0.05) is 5.69 Å². The largest absolute Gasteiger partial charge is 0.508 e. The summed E-state index contributed by atoms with van der Waals surface area (Å²) in [6.45, 7) is 3.66. The average molecular weight is 165 g/mol. The molecule has 0 unspecified atom stereocenters. The molecule has 0 saturated heterocycles. The molecule has 3 nitrogen and oxygen atoms in total. The van der Waals surface area contributed by atoms with Crippen LogP contribution in [0.25, 0.3) is 0 Å². The van der Waals surface area contributed by atoms with E-state index in [4.69, 9.17) is 0 Å². The Balaban J connectivity index is 3.18. The predicted octanol–water partition coefficient (Wildman–Crippen LogP) is 1.58. The van der Waals surface area contributed by atoms with Gasteiger partial charge in [0.2, 0.25) is 6.41 Å². The Labute approximate surface area is 71.0 Å². The number of carbonyl (C=O) groups is 1. The second kappa shape index (κ2) is 3.26. The normalized spacial score (nSPS) is 9.50. The number of hydrogen-bond donors (Lipinski definition) is 2. The summed E-state index contributed by atoms with van der Waals surface area (Å²) in [6, 6.07) is 3.22. The first-order chi connectivity index (χ1) is 5.65. The second-order valence-corrected chi connectivity index (χ2v) is 2.72. The topological polar surface area (TPSA) is 49.3 Å². The van der Waals surface area contributed by atoms with Crippen LogP contribution in [-0.2, 0) is 4.79 Å². The molecule has 0 radical (unpaired) electrons. The predicted molar refractivity (Wildman–Crippen MR) is 47.3 cm³/mol. The first-order valence-corrected chi connectivity index (χ1v) is 3.65. The number of amides is 1. The van der Waals surface area contributed by atoms with Gasteiger partial charge in [0.05, 0.1) is 0 Å². The highest BCUT2D eigenvalue weighted by Gasteiger charge is 2.02. The van der Waals surface area contributed by atoms with E-state index in [1.54, 1.807) is 12.1 Å². The fourth-order valence-electron chi connectivity index (χ4n) is 1.23. The number of anilines is 1. The van der Waals surface area contributed by atoms with Crippen LogP contribution in [-0.4, -0.2) is 11.5 Å². The maximum absolute atomic E-state index is 10.2. The molecule has 1 aromatic rings. The van der Waals surface area contributed by atoms with Gasteiger partial charge in [-0.1, -0.05) is 0 Å². The first kappa shape index (κ1) is 8.59. The molecule has 0 heterocycles. The van der Waals surface area contributed by atoms with Crippen LogP contribution in [0.3, 0.4) is 0 Å². The Morgan fingerprint density at radius 1 is 1.33 bits per heavy atom. The summed E-state index contributed by atoms with van der Waals surface area (Å²) in [5.74, 6) is 0.224. The van der Waals surface area contributed by atoms with E-state index in [9.17, 15) is 9.90 Å². The number of benzene rings is 1. The Bertz CT molecular complexity index is 284. The van der Waals surface area contributed by atoms with Crippen LogP contribution in [0.2, 0.25) is 0 Å². The van der Waals surface area contributed by atoms with Crippen molar-refractivity contribution in [1.29, 1.82) is 0 Å². The number of aryl methyl sites for hydroxylation is 2. The summed E-state index contributed by atoms with van der Waals surface area (Å²) >= 11 is 0. The number of phenolic OH excluding ortho intramolecular Hbond substituents is 1. The quantitative estimate of drug-likeness (QED) is 0.516. The van der Waals surface area contributed by atoms with Crippen molar-refractivity contribution < 1.29 is 9.90 Å². The van der Waals surface area contributed by atoms with Gasteiger partial charge in [-0.2, -0.15) is 0 Å². The molecule has 2 N–H and O–H groups in total. The van der Waals surface area contributed by atoms with Gasteiger partial charge in [-0.15, -0.1) is 0 Å². The molecule has 0 fully saturated rings. The number of carbonyl (C=O) groups excluding carboxylic acids is 1. The lowest BCUT2D eigenvalue weighted by molar-refractivity contribution is -0.105. The fraction of sp³-hybridized carbons (Fsp3) is 0.222. The molecule has 64 valence electrons. The van der Waals surface area contributed by atoms with E-state index in [0.717, 1.165) is 16.8 Å². The monoisotopic (exact) mass is 165 g/mol. The van der Waals surface area contributed by atoms with E-state index < -0.39 is 0 Å². The van der Waals surface area contributed by atoms with E-state index in [2.05, 4.69) is 5.32 Å². The summed E-state index contributed by atoms with van der Waals surface area (Å²) < 4.78 is 0. The van der Waals surface area contributed by atoms with Crippen molar-refractivity contribution >= 4 is 12.1 Å². The molecular weight excluding hydrogens is 154 g/mol. The summed E-state index contributed by atoms with van der Waals surface area (Å²) in [4.78, 5) is 10.2. The van der Waals surface area contributed by atoms with E-state index in [1.807, 2.05) is 13.8 Å². The van der Waals surface area contributed by atoms with E-state index in [1.165, 1.54) is 0 Å². The third-order valence-electron chi connectivity index (χ3n) is 1.72. The van der Waals surface area contributed by atoms with Crippen molar-refractivity contribution in [3.05, 3.63) is 23.3 Å². The van der Waals surface area contributed by atoms with Crippen LogP contribution in [0.5, 0.6) is 5.75 Å². The van der Waals surface area contributed by atoms with Crippen molar-refractivity contribution in [2.45, 2.75) is 13.8 Å². The van der Waals surface area contributed by atoms with Crippen LogP contribution < -0.4 is 5.32 Å². The van der Waals surface area contributed by atoms with E-state index in [0.29, 0.717) is 6.41 Å². The summed E-state index contributed by atoms with van der Waals surface area (Å²) in [5, 5.41) is 11.8. The highest BCUT2D eigenvalue weighted by molar-refractivity contribution is 5.76. The van der Waals surface area contributed by atoms with Gasteiger partial charge in [0.1, 0.15) is 5.75 Å². The molecule has 0 aromatic heterocycles. The smallest absolute Gasteiger partial charge is 0.211 e. The molecule has 0 aliphatic heterocycles. The van der Waals surface area contributed by atoms with E-state index >= 15 is 0 Å². The van der Waals surface area contributed by atoms with Crippen molar-refractivity contribution in [1.82, 2.24) is 0 Å². The summed E-state index contributed by atoms with van der Waals surface area (Å²) in [6.07, 6.45) is 0.631. The molecule has 1 amide bonds. The number of nitrogens with one attached hydrogen (secondary N) is 1. The van der Waals surface area contributed by atoms with Gasteiger partial charge < -0.3 is 10.4 Å². The average Bonchev–Trinajstić information content (AvgIpc) is 1.96. The Morgan fingerprint density at radius 3 is 2.25 bits per heavy atom. The zero-order valence-electron chi connectivity index (χ0n) is 7.09. The minimum Gasteiger partial charge on any atom is -0.508 e. The number of rotatable bonds is 2. The van der Waals surface area contributed by atoms with Gasteiger partial charge in [-0.05, 0) is 37.1 Å². The number of hydrogen-bond acceptors (Lipinski definition) is 2. The second-order valence-electron chi connectivity index (χ2n) is 2.72. The lowest BCUT2D eigenvalue weighted by Gasteiger charge is -2.07. The molecule has 1 rings (SSSR count). The maximum Gasteiger partial charge on any atom is 0.211 e. The van der Waals surface area contributed by atoms with Gasteiger partial charge in [-0.25, -0.2) is 0 Å². The minimum absolute atomic E-state index is 0.224. The van der Waals surface area contributed by atoms with E-state index in [-0.39, 0.29) is 5.75 Å². The Kier molecular flexibility index (Phi) is 2.33. The maximum atomic E-state index is 10.2. The lowest BCUT2D eigenvalue weighted by atomic mass is 10.1. The van der Waals surface area contributed by atoms with Gasteiger partial charge in [-0.3, -0.25) is 4.79 Å². The third kappa shape index (κ3) is 1.56. The van der Waals surface area contributed by atoms with Crippen molar-refractivity contribution in [3.8, 4) is 5.75 Å². The van der Waals surface area contributed by atoms with Crippen LogP contribution in [0.15, 0.2) is 12.1 Å². The number of aromatic hydroxyl groups is 1. The third-order valence-corrected chi connectivity index (χ3v) is 1.72. The fourth-order valence-corrected chi connectivity index (χ4v) is 1.23. The molecule has 0 bridgehead atoms. The van der Waals surface area contributed by atoms with Crippen LogP contribution in [0.1, 0.15) is 11.1 Å². The summed E-state index contributed by atoms with van der Waals surface area (Å²) in [7, 11) is 0. The standard InChI is InChI=1S/C9H11NO2/c1-6-3-8(12)4-7(2)9(6)10-5-11/h3-5,12H,1-2H3,(H,10,11). The van der Waals surface area contributed by atoms with Gasteiger partial charge in [0.15, 0.2) is 0 Å². The molecule has 0 atom stereocenters. The molecule has 0 aliphatic carbocycles. The molecule has 0 spiro atoms. The van der Waals surface area contributed by atoms with Crippen LogP contribution >= 0.6 is 0 Å². The Hall–Kier alpha value is -1.51. The first-order valence-electron chi connectivity index (χ1n) is 3.65. The molecule has 1 aromatic carbocycles. The molecule has 3 heteroatoms. The highest BCUT2D eigenvalue weighted by atomic mass is 16.3. The zero-order chi connectivity index (χ0) is 9.14. The van der Waals surface area contributed by atoms with Crippen molar-refractivity contribution in [2.75, 3.05) is 5.32 Å². The lowest BCUT2D eigenvalue weighted by Crippen LogP contribution is -1.98. The summed E-state index contributed by atoms with van der Waals surface area (Å²) in [5.41, 5.74) is 2.49. The minimum atomic E-state index is 0.224.